The molecule has 8 nitrogen and oxygen atoms in total. The zero-order valence-electron chi connectivity index (χ0n) is 20.1. The average molecular weight is 473 g/mol. The number of nitrogens with zero attached hydrogens (tertiary/aromatic N) is 1. The molecule has 1 aliphatic rings. The summed E-state index contributed by atoms with van der Waals surface area (Å²) in [6, 6.07) is 6.46. The Kier molecular flexibility index (Phi) is 6.86. The number of methoxy groups -OCH3 is 2. The molecule has 2 aromatic rings. The second-order valence-electron chi connectivity index (χ2n) is 9.15. The van der Waals surface area contributed by atoms with Gasteiger partial charge >= 0.3 is 5.97 Å². The number of amidine groups is 1. The molecule has 2 N–H and O–H groups in total. The lowest BCUT2D eigenvalue weighted by Gasteiger charge is -2.25. The number of Topliss-reactive ketones (excluding diaryl/α,β-unsaturated/α-hetero) is 1. The lowest BCUT2D eigenvalue weighted by atomic mass is 9.85. The maximum Gasteiger partial charge on any atom is 0.344 e. The number of carbonyl (C=O) groups excluding carboxylic acids is 1. The number of ketones is 1. The van der Waals surface area contributed by atoms with Crippen LogP contribution in [0.1, 0.15) is 54.7 Å². The predicted molar refractivity (Wildman–Crippen MR) is 124 cm³/mol. The van der Waals surface area contributed by atoms with Crippen molar-refractivity contribution in [2.75, 3.05) is 20.8 Å². The minimum atomic E-state index is -1.09. The number of fused-ring (bicyclic) bond motifs is 1. The van der Waals surface area contributed by atoms with Gasteiger partial charge in [0.25, 0.3) is 0 Å². The summed E-state index contributed by atoms with van der Waals surface area (Å²) in [5.41, 5.74) is 1.28. The maximum absolute atomic E-state index is 15.0. The van der Waals surface area contributed by atoms with E-state index in [2.05, 4.69) is 0 Å². The van der Waals surface area contributed by atoms with Crippen molar-refractivity contribution < 1.29 is 33.3 Å². The molecule has 3 rings (SSSR count). The third-order valence-electron chi connectivity index (χ3n) is 5.70. The first-order valence-corrected chi connectivity index (χ1v) is 10.7. The Morgan fingerprint density at radius 1 is 1.18 bits per heavy atom. The van der Waals surface area contributed by atoms with Gasteiger partial charge in [0, 0.05) is 17.7 Å². The minimum Gasteiger partial charge on any atom is -0.493 e. The van der Waals surface area contributed by atoms with Crippen LogP contribution in [0.5, 0.6) is 17.2 Å². The van der Waals surface area contributed by atoms with Gasteiger partial charge in [-0.15, -0.1) is 0 Å². The normalized spacial score (nSPS) is 14.0. The monoisotopic (exact) mass is 472 g/mol. The first-order chi connectivity index (χ1) is 15.9. The van der Waals surface area contributed by atoms with Gasteiger partial charge in [0.05, 0.1) is 26.3 Å². The molecule has 182 valence electrons. The second-order valence-corrected chi connectivity index (χ2v) is 9.15. The molecule has 0 aliphatic carbocycles. The van der Waals surface area contributed by atoms with Gasteiger partial charge in [0.1, 0.15) is 11.6 Å². The zero-order chi connectivity index (χ0) is 25.4. The van der Waals surface area contributed by atoms with Crippen molar-refractivity contribution in [1.29, 1.82) is 5.41 Å². The Balaban J connectivity index is 1.87. The number of carbonyl (C=O) groups is 2. The Morgan fingerprint density at radius 2 is 1.85 bits per heavy atom. The van der Waals surface area contributed by atoms with Crippen molar-refractivity contribution >= 4 is 17.6 Å². The number of benzene rings is 2. The van der Waals surface area contributed by atoms with E-state index in [1.54, 1.807) is 24.3 Å². The van der Waals surface area contributed by atoms with Gasteiger partial charge in [0.2, 0.25) is 0 Å². The van der Waals surface area contributed by atoms with Crippen LogP contribution in [0.4, 0.5) is 4.39 Å². The zero-order valence-corrected chi connectivity index (χ0v) is 20.1. The molecular formula is C25H29FN2O6. The molecule has 34 heavy (non-hydrogen) atoms. The molecule has 1 heterocycles. The molecule has 1 atom stereocenters. The van der Waals surface area contributed by atoms with Crippen LogP contribution in [0, 0.1) is 11.2 Å². The molecule has 0 bridgehead atoms. The minimum absolute atomic E-state index is 0.0832. The van der Waals surface area contributed by atoms with Crippen LogP contribution in [0.2, 0.25) is 0 Å². The summed E-state index contributed by atoms with van der Waals surface area (Å²) in [4.78, 5) is 25.8. The molecule has 1 aliphatic heterocycles. The molecule has 0 saturated heterocycles. The molecule has 0 aromatic heterocycles. The van der Waals surface area contributed by atoms with Gasteiger partial charge in [0.15, 0.2) is 29.2 Å². The van der Waals surface area contributed by atoms with Gasteiger partial charge in [-0.25, -0.2) is 9.18 Å². The lowest BCUT2D eigenvalue weighted by molar-refractivity contribution is -0.144. The Hall–Kier alpha value is -3.62. The van der Waals surface area contributed by atoms with Crippen molar-refractivity contribution in [3.63, 3.8) is 0 Å². The number of carboxylic acid groups (broad SMARTS) is 1. The Bertz CT molecular complexity index is 1160. The van der Waals surface area contributed by atoms with E-state index in [1.165, 1.54) is 26.0 Å². The summed E-state index contributed by atoms with van der Waals surface area (Å²) in [6.45, 7) is 7.29. The fourth-order valence-corrected chi connectivity index (χ4v) is 3.86. The van der Waals surface area contributed by atoms with Crippen LogP contribution in [-0.2, 0) is 16.8 Å². The summed E-state index contributed by atoms with van der Waals surface area (Å²) >= 11 is 0. The first kappa shape index (κ1) is 25.0. The molecule has 9 heteroatoms. The summed E-state index contributed by atoms with van der Waals surface area (Å²) < 4.78 is 30.9. The van der Waals surface area contributed by atoms with Crippen LogP contribution in [0.3, 0.4) is 0 Å². The van der Waals surface area contributed by atoms with E-state index in [0.29, 0.717) is 22.4 Å². The van der Waals surface area contributed by atoms with Gasteiger partial charge in [-0.05, 0) is 42.2 Å². The first-order valence-electron chi connectivity index (χ1n) is 10.7. The molecular weight excluding hydrogens is 443 g/mol. The van der Waals surface area contributed by atoms with Crippen molar-refractivity contribution in [2.24, 2.45) is 0 Å². The number of hydrogen-bond donors (Lipinski definition) is 2. The molecule has 0 radical (unpaired) electrons. The van der Waals surface area contributed by atoms with Crippen LogP contribution < -0.4 is 14.2 Å². The third kappa shape index (κ3) is 4.69. The SMILES string of the molecule is COc1cc2c(c(F)c1OC)C(=N)N(CC(=O)c1ccc(OC(C)C(=O)O)c(C(C)(C)C)c1)C2. The Morgan fingerprint density at radius 3 is 2.41 bits per heavy atom. The standard InChI is InChI=1S/C25H29FN2O6/c1-13(24(30)31)34-18-8-7-14(9-16(18)25(2,3)4)17(29)12-28-11-15-10-19(32-5)22(33-6)21(26)20(15)23(28)27/h7-10,13,27H,11-12H2,1-6H3,(H,30,31). The van der Waals surface area contributed by atoms with Crippen molar-refractivity contribution in [3.8, 4) is 17.2 Å². The van der Waals surface area contributed by atoms with Crippen LogP contribution in [-0.4, -0.2) is 54.5 Å². The number of halogens is 1. The topological polar surface area (TPSA) is 109 Å². The molecule has 1 unspecified atom stereocenters. The highest BCUT2D eigenvalue weighted by Gasteiger charge is 2.33. The number of ether oxygens (including phenoxy) is 3. The number of carboxylic acids is 1. The summed E-state index contributed by atoms with van der Waals surface area (Å²) in [7, 11) is 2.73. The number of rotatable bonds is 8. The van der Waals surface area contributed by atoms with Crippen molar-refractivity contribution in [3.05, 3.63) is 52.3 Å². The summed E-state index contributed by atoms with van der Waals surface area (Å²) in [5.74, 6) is -1.62. The summed E-state index contributed by atoms with van der Waals surface area (Å²) in [6.07, 6.45) is -1.05. The smallest absolute Gasteiger partial charge is 0.344 e. The maximum atomic E-state index is 15.0. The quantitative estimate of drug-likeness (QED) is 0.559. The van der Waals surface area contributed by atoms with E-state index < -0.39 is 23.3 Å². The van der Waals surface area contributed by atoms with Crippen molar-refractivity contribution in [1.82, 2.24) is 4.90 Å². The second kappa shape index (κ2) is 9.32. The molecule has 0 saturated carbocycles. The molecule has 0 amide bonds. The van der Waals surface area contributed by atoms with E-state index in [0.717, 1.165) is 0 Å². The van der Waals surface area contributed by atoms with E-state index in [-0.39, 0.29) is 41.8 Å². The van der Waals surface area contributed by atoms with Crippen LogP contribution in [0.25, 0.3) is 0 Å². The fourth-order valence-electron chi connectivity index (χ4n) is 3.86. The molecule has 0 fully saturated rings. The van der Waals surface area contributed by atoms with Gasteiger partial charge in [-0.3, -0.25) is 10.2 Å². The fraction of sp³-hybridized carbons (Fsp3) is 0.400. The van der Waals surface area contributed by atoms with E-state index in [1.807, 2.05) is 20.8 Å². The van der Waals surface area contributed by atoms with Gasteiger partial charge in [-0.1, -0.05) is 20.8 Å². The number of nitrogens with one attached hydrogen (secondary N) is 1. The van der Waals surface area contributed by atoms with Gasteiger partial charge < -0.3 is 24.2 Å². The highest BCUT2D eigenvalue weighted by Crippen LogP contribution is 2.38. The largest absolute Gasteiger partial charge is 0.493 e. The highest BCUT2D eigenvalue weighted by molar-refractivity contribution is 6.06. The van der Waals surface area contributed by atoms with Gasteiger partial charge in [-0.2, -0.15) is 0 Å². The number of aliphatic carboxylic acids is 1. The average Bonchev–Trinajstić information content (AvgIpc) is 3.07. The molecule has 0 spiro atoms. The van der Waals surface area contributed by atoms with E-state index in [9.17, 15) is 19.1 Å². The third-order valence-corrected chi connectivity index (χ3v) is 5.70. The highest BCUT2D eigenvalue weighted by atomic mass is 19.1. The molecule has 2 aromatic carbocycles. The summed E-state index contributed by atoms with van der Waals surface area (Å²) in [5, 5.41) is 17.6. The Labute approximate surface area is 197 Å². The van der Waals surface area contributed by atoms with E-state index in [4.69, 9.17) is 19.6 Å². The van der Waals surface area contributed by atoms with E-state index >= 15 is 0 Å². The number of hydrogen-bond acceptors (Lipinski definition) is 6. The predicted octanol–water partition coefficient (Wildman–Crippen LogP) is 4.02. The van der Waals surface area contributed by atoms with Crippen LogP contribution in [0.15, 0.2) is 24.3 Å². The van der Waals surface area contributed by atoms with Crippen LogP contribution >= 0.6 is 0 Å². The van der Waals surface area contributed by atoms with Crippen molar-refractivity contribution in [2.45, 2.75) is 45.8 Å². The lowest BCUT2D eigenvalue weighted by Crippen LogP contribution is -2.31.